The molecule has 5 heteroatoms. The first-order chi connectivity index (χ1) is 9.56. The van der Waals surface area contributed by atoms with Crippen LogP contribution in [0.25, 0.3) is 0 Å². The fraction of sp³-hybridized carbons (Fsp3) is 0.562. The van der Waals surface area contributed by atoms with Gasteiger partial charge < -0.3 is 10.6 Å². The lowest BCUT2D eigenvalue weighted by Gasteiger charge is -2.32. The van der Waals surface area contributed by atoms with Gasteiger partial charge in [0.15, 0.2) is 0 Å². The van der Waals surface area contributed by atoms with E-state index in [9.17, 15) is 4.79 Å². The first-order valence-electron chi connectivity index (χ1n) is 7.38. The summed E-state index contributed by atoms with van der Waals surface area (Å²) in [6, 6.07) is 7.63. The Morgan fingerprint density at radius 3 is 2.57 bits per heavy atom. The van der Waals surface area contributed by atoms with Crippen LogP contribution in [0.3, 0.4) is 0 Å². The molecule has 2 rings (SSSR count). The number of carbonyl (C=O) groups excluding carboxylic acids is 1. The van der Waals surface area contributed by atoms with E-state index in [1.165, 1.54) is 0 Å². The van der Waals surface area contributed by atoms with Crippen molar-refractivity contribution in [3.63, 3.8) is 0 Å². The Bertz CT molecular complexity index is 477. The van der Waals surface area contributed by atoms with Crippen molar-refractivity contribution >= 4 is 29.9 Å². The van der Waals surface area contributed by atoms with Crippen molar-refractivity contribution in [3.05, 3.63) is 34.9 Å². The zero-order valence-electron chi connectivity index (χ0n) is 12.6. The molecule has 1 aromatic carbocycles. The summed E-state index contributed by atoms with van der Waals surface area (Å²) < 4.78 is 0. The molecule has 0 saturated heterocycles. The highest BCUT2D eigenvalue weighted by atomic mass is 35.5. The number of amides is 1. The van der Waals surface area contributed by atoms with Crippen molar-refractivity contribution in [2.24, 2.45) is 5.73 Å². The van der Waals surface area contributed by atoms with Crippen molar-refractivity contribution in [1.82, 2.24) is 4.90 Å². The molecule has 1 aromatic rings. The average molecular weight is 331 g/mol. The van der Waals surface area contributed by atoms with E-state index in [1.54, 1.807) is 0 Å². The quantitative estimate of drug-likeness (QED) is 0.858. The summed E-state index contributed by atoms with van der Waals surface area (Å²) in [6.07, 6.45) is 3.79. The Kier molecular flexibility index (Phi) is 6.98. The number of hydrogen-bond acceptors (Lipinski definition) is 2. The third kappa shape index (κ3) is 4.35. The van der Waals surface area contributed by atoms with Gasteiger partial charge in [0.05, 0.1) is 12.1 Å². The standard InChI is InChI=1S/C16H23ClN2O.ClH/c1-3-6-15(18)16(20)19(12-9-10-12)11(2)13-7-4-5-8-14(13)17;/h4-5,7-8,11-12,15H,3,6,9-10,18H2,1-2H3;1H. The molecule has 118 valence electrons. The number of hydrogen-bond donors (Lipinski definition) is 1. The van der Waals surface area contributed by atoms with Gasteiger partial charge in [0, 0.05) is 11.1 Å². The lowest BCUT2D eigenvalue weighted by atomic mass is 10.0. The summed E-state index contributed by atoms with van der Waals surface area (Å²) >= 11 is 6.26. The molecular formula is C16H24Cl2N2O. The maximum atomic E-state index is 12.6. The smallest absolute Gasteiger partial charge is 0.240 e. The highest BCUT2D eigenvalue weighted by Gasteiger charge is 2.38. The SMILES string of the molecule is CCCC(N)C(=O)N(C1CC1)C(C)c1ccccc1Cl.Cl. The minimum Gasteiger partial charge on any atom is -0.332 e. The molecule has 3 nitrogen and oxygen atoms in total. The van der Waals surface area contributed by atoms with Gasteiger partial charge in [0.1, 0.15) is 0 Å². The van der Waals surface area contributed by atoms with Crippen LogP contribution in [0.1, 0.15) is 51.1 Å². The topological polar surface area (TPSA) is 46.3 Å². The molecular weight excluding hydrogens is 307 g/mol. The molecule has 0 aliphatic heterocycles. The fourth-order valence-corrected chi connectivity index (χ4v) is 2.92. The molecule has 2 unspecified atom stereocenters. The van der Waals surface area contributed by atoms with E-state index >= 15 is 0 Å². The Balaban J connectivity index is 0.00000220. The monoisotopic (exact) mass is 330 g/mol. The first-order valence-corrected chi connectivity index (χ1v) is 7.76. The van der Waals surface area contributed by atoms with Crippen LogP contribution >= 0.6 is 24.0 Å². The predicted octanol–water partition coefficient (Wildman–Crippen LogP) is 3.94. The van der Waals surface area contributed by atoms with Gasteiger partial charge in [-0.15, -0.1) is 12.4 Å². The van der Waals surface area contributed by atoms with Crippen LogP contribution in [0.2, 0.25) is 5.02 Å². The van der Waals surface area contributed by atoms with Crippen molar-refractivity contribution in [2.75, 3.05) is 0 Å². The zero-order valence-corrected chi connectivity index (χ0v) is 14.2. The summed E-state index contributed by atoms with van der Waals surface area (Å²) in [6.45, 7) is 4.09. The maximum absolute atomic E-state index is 12.6. The van der Waals surface area contributed by atoms with Gasteiger partial charge in [0.25, 0.3) is 0 Å². The third-order valence-corrected chi connectivity index (χ3v) is 4.23. The van der Waals surface area contributed by atoms with Crippen molar-refractivity contribution < 1.29 is 4.79 Å². The van der Waals surface area contributed by atoms with Crippen LogP contribution in [0.5, 0.6) is 0 Å². The van der Waals surface area contributed by atoms with Crippen LogP contribution in [0.4, 0.5) is 0 Å². The normalized spacial score (nSPS) is 16.8. The summed E-state index contributed by atoms with van der Waals surface area (Å²) in [5.74, 6) is 0.0572. The second-order valence-electron chi connectivity index (χ2n) is 5.57. The van der Waals surface area contributed by atoms with E-state index in [1.807, 2.05) is 43.0 Å². The Morgan fingerprint density at radius 2 is 2.05 bits per heavy atom. The Hall–Kier alpha value is -0.770. The molecule has 2 N–H and O–H groups in total. The van der Waals surface area contributed by atoms with Gasteiger partial charge in [-0.3, -0.25) is 4.79 Å². The lowest BCUT2D eigenvalue weighted by molar-refractivity contribution is -0.135. The highest BCUT2D eigenvalue weighted by Crippen LogP contribution is 2.37. The van der Waals surface area contributed by atoms with Crippen LogP contribution in [0, 0.1) is 0 Å². The minimum atomic E-state index is -0.398. The van der Waals surface area contributed by atoms with Crippen molar-refractivity contribution in [1.29, 1.82) is 0 Å². The van der Waals surface area contributed by atoms with E-state index < -0.39 is 6.04 Å². The van der Waals surface area contributed by atoms with Crippen LogP contribution in [0.15, 0.2) is 24.3 Å². The first kappa shape index (κ1) is 18.3. The van der Waals surface area contributed by atoms with Crippen LogP contribution in [-0.4, -0.2) is 22.9 Å². The average Bonchev–Trinajstić information content (AvgIpc) is 3.24. The van der Waals surface area contributed by atoms with Crippen molar-refractivity contribution in [3.8, 4) is 0 Å². The van der Waals surface area contributed by atoms with Gasteiger partial charge in [-0.1, -0.05) is 43.1 Å². The Labute approximate surface area is 138 Å². The molecule has 0 aromatic heterocycles. The van der Waals surface area contributed by atoms with E-state index in [2.05, 4.69) is 0 Å². The molecule has 21 heavy (non-hydrogen) atoms. The molecule has 2 atom stereocenters. The van der Waals surface area contributed by atoms with Crippen LogP contribution in [-0.2, 0) is 4.79 Å². The largest absolute Gasteiger partial charge is 0.332 e. The van der Waals surface area contributed by atoms with E-state index in [-0.39, 0.29) is 24.4 Å². The number of rotatable bonds is 6. The summed E-state index contributed by atoms with van der Waals surface area (Å²) in [4.78, 5) is 14.5. The van der Waals surface area contributed by atoms with Gasteiger partial charge in [-0.2, -0.15) is 0 Å². The molecule has 0 radical (unpaired) electrons. The number of benzene rings is 1. The van der Waals surface area contributed by atoms with Gasteiger partial charge in [-0.05, 0) is 37.8 Å². The van der Waals surface area contributed by atoms with E-state index in [0.29, 0.717) is 11.1 Å². The van der Waals surface area contributed by atoms with Gasteiger partial charge >= 0.3 is 0 Å². The van der Waals surface area contributed by atoms with Gasteiger partial charge in [0.2, 0.25) is 5.91 Å². The number of halogens is 2. The molecule has 0 spiro atoms. The second-order valence-corrected chi connectivity index (χ2v) is 5.98. The zero-order chi connectivity index (χ0) is 14.7. The summed E-state index contributed by atoms with van der Waals surface area (Å²) in [5, 5.41) is 0.711. The predicted molar refractivity (Wildman–Crippen MR) is 89.9 cm³/mol. The van der Waals surface area contributed by atoms with Gasteiger partial charge in [-0.25, -0.2) is 0 Å². The van der Waals surface area contributed by atoms with Crippen molar-refractivity contribution in [2.45, 2.75) is 57.7 Å². The maximum Gasteiger partial charge on any atom is 0.240 e. The number of nitrogens with zero attached hydrogens (tertiary/aromatic N) is 1. The number of carbonyl (C=O) groups is 1. The molecule has 1 amide bonds. The van der Waals surface area contributed by atoms with Crippen LogP contribution < -0.4 is 5.73 Å². The molecule has 1 fully saturated rings. The summed E-state index contributed by atoms with van der Waals surface area (Å²) in [7, 11) is 0. The fourth-order valence-electron chi connectivity index (χ4n) is 2.63. The third-order valence-electron chi connectivity index (χ3n) is 3.88. The number of nitrogens with two attached hydrogens (primary N) is 1. The Morgan fingerprint density at radius 1 is 1.43 bits per heavy atom. The minimum absolute atomic E-state index is 0. The highest BCUT2D eigenvalue weighted by molar-refractivity contribution is 6.31. The molecule has 0 heterocycles. The van der Waals surface area contributed by atoms with E-state index in [4.69, 9.17) is 17.3 Å². The molecule has 0 bridgehead atoms. The lowest BCUT2D eigenvalue weighted by Crippen LogP contribution is -2.46. The van der Waals surface area contributed by atoms with E-state index in [0.717, 1.165) is 31.2 Å². The molecule has 1 saturated carbocycles. The molecule has 1 aliphatic carbocycles. The summed E-state index contributed by atoms with van der Waals surface area (Å²) in [5.41, 5.74) is 7.02. The molecule has 1 aliphatic rings. The second kappa shape index (κ2) is 8.02.